The van der Waals surface area contributed by atoms with Gasteiger partial charge < -0.3 is 15.3 Å². The largest absolute Gasteiger partial charge is 0.391 e. The molecule has 0 spiro atoms. The van der Waals surface area contributed by atoms with E-state index in [1.54, 1.807) is 0 Å². The van der Waals surface area contributed by atoms with Crippen molar-refractivity contribution in [3.05, 3.63) is 29.8 Å². The summed E-state index contributed by atoms with van der Waals surface area (Å²) in [5.74, 6) is 0.652. The molecule has 0 radical (unpaired) electrons. The van der Waals surface area contributed by atoms with E-state index in [2.05, 4.69) is 34.5 Å². The molecule has 2 N–H and O–H groups in total. The van der Waals surface area contributed by atoms with E-state index in [-0.39, 0.29) is 6.10 Å². The van der Waals surface area contributed by atoms with E-state index < -0.39 is 0 Å². The molecule has 0 amide bonds. The van der Waals surface area contributed by atoms with Crippen molar-refractivity contribution in [2.24, 2.45) is 5.92 Å². The summed E-state index contributed by atoms with van der Waals surface area (Å²) in [4.78, 5) is 2.37. The van der Waals surface area contributed by atoms with Crippen molar-refractivity contribution < 1.29 is 5.11 Å². The van der Waals surface area contributed by atoms with E-state index in [0.717, 1.165) is 32.6 Å². The number of aliphatic hydroxyl groups excluding tert-OH is 1. The highest BCUT2D eigenvalue weighted by Gasteiger charge is 2.22. The predicted octanol–water partition coefficient (Wildman–Crippen LogP) is 2.19. The molecule has 20 heavy (non-hydrogen) atoms. The van der Waals surface area contributed by atoms with Crippen LogP contribution in [-0.2, 0) is 6.42 Å². The van der Waals surface area contributed by atoms with Gasteiger partial charge in [0.2, 0.25) is 0 Å². The fourth-order valence-corrected chi connectivity index (χ4v) is 3.64. The van der Waals surface area contributed by atoms with Crippen molar-refractivity contribution in [1.29, 1.82) is 0 Å². The molecule has 1 aromatic rings. The van der Waals surface area contributed by atoms with Crippen molar-refractivity contribution in [3.63, 3.8) is 0 Å². The highest BCUT2D eigenvalue weighted by molar-refractivity contribution is 5.55. The zero-order chi connectivity index (χ0) is 13.8. The van der Waals surface area contributed by atoms with E-state index in [0.29, 0.717) is 5.92 Å². The van der Waals surface area contributed by atoms with Gasteiger partial charge in [-0.1, -0.05) is 18.2 Å². The quantitative estimate of drug-likeness (QED) is 0.883. The Morgan fingerprint density at radius 3 is 3.05 bits per heavy atom. The molecule has 2 aliphatic rings. The Kier molecular flexibility index (Phi) is 4.58. The van der Waals surface area contributed by atoms with Crippen LogP contribution in [0.5, 0.6) is 0 Å². The third-order valence-corrected chi connectivity index (χ3v) is 4.64. The summed E-state index contributed by atoms with van der Waals surface area (Å²) in [6.07, 6.45) is 5.63. The van der Waals surface area contributed by atoms with Gasteiger partial charge in [0.1, 0.15) is 0 Å². The fraction of sp³-hybridized carbons (Fsp3) is 0.647. The lowest BCUT2D eigenvalue weighted by Crippen LogP contribution is -2.39. The van der Waals surface area contributed by atoms with E-state index >= 15 is 0 Å². The van der Waals surface area contributed by atoms with Crippen molar-refractivity contribution in [2.45, 2.75) is 38.2 Å². The van der Waals surface area contributed by atoms with E-state index in [1.807, 2.05) is 0 Å². The number of β-amino-alcohol motifs (C(OH)–C–C–N with tert-alkyl or cyclic N) is 1. The van der Waals surface area contributed by atoms with Crippen LogP contribution >= 0.6 is 0 Å². The molecule has 110 valence electrons. The summed E-state index contributed by atoms with van der Waals surface area (Å²) in [5, 5.41) is 13.8. The lowest BCUT2D eigenvalue weighted by molar-refractivity contribution is 0.138. The maximum absolute atomic E-state index is 10.4. The molecule has 0 bridgehead atoms. The number of para-hydroxylation sites is 1. The van der Waals surface area contributed by atoms with Crippen molar-refractivity contribution in [2.75, 3.05) is 31.1 Å². The average Bonchev–Trinajstić information content (AvgIpc) is 2.48. The molecular weight excluding hydrogens is 248 g/mol. The Labute approximate surface area is 122 Å². The molecule has 0 unspecified atom stereocenters. The van der Waals surface area contributed by atoms with Gasteiger partial charge >= 0.3 is 0 Å². The molecule has 0 aliphatic carbocycles. The lowest BCUT2D eigenvalue weighted by atomic mass is 9.93. The third-order valence-electron chi connectivity index (χ3n) is 4.64. The molecule has 1 fully saturated rings. The third kappa shape index (κ3) is 3.33. The molecule has 0 saturated carbocycles. The van der Waals surface area contributed by atoms with Crippen LogP contribution in [0.1, 0.15) is 31.2 Å². The summed E-state index contributed by atoms with van der Waals surface area (Å²) in [5.41, 5.74) is 2.77. The highest BCUT2D eigenvalue weighted by Crippen LogP contribution is 2.27. The van der Waals surface area contributed by atoms with Crippen LogP contribution in [0.2, 0.25) is 0 Å². The SMILES string of the molecule is O[C@H](C[C@@H]1CCCNC1)CN1CCCc2ccccc21. The number of nitrogens with one attached hydrogen (secondary N) is 1. The molecule has 2 atom stereocenters. The maximum Gasteiger partial charge on any atom is 0.0718 e. The number of piperidine rings is 1. The first-order chi connectivity index (χ1) is 9.83. The van der Waals surface area contributed by atoms with Gasteiger partial charge in [0, 0.05) is 18.8 Å². The normalized spacial score (nSPS) is 24.2. The molecule has 1 aromatic carbocycles. The molecule has 0 aromatic heterocycles. The van der Waals surface area contributed by atoms with Gasteiger partial charge in [0.15, 0.2) is 0 Å². The van der Waals surface area contributed by atoms with Crippen LogP contribution in [0.25, 0.3) is 0 Å². The van der Waals surface area contributed by atoms with Crippen molar-refractivity contribution in [1.82, 2.24) is 5.32 Å². The number of aryl methyl sites for hydroxylation is 1. The maximum atomic E-state index is 10.4. The number of benzene rings is 1. The van der Waals surface area contributed by atoms with E-state index in [9.17, 15) is 5.11 Å². The zero-order valence-electron chi connectivity index (χ0n) is 12.2. The van der Waals surface area contributed by atoms with Gasteiger partial charge in [0.05, 0.1) is 6.10 Å². The van der Waals surface area contributed by atoms with Gasteiger partial charge in [-0.3, -0.25) is 0 Å². The van der Waals surface area contributed by atoms with E-state index in [4.69, 9.17) is 0 Å². The Morgan fingerprint density at radius 2 is 2.20 bits per heavy atom. The fourth-order valence-electron chi connectivity index (χ4n) is 3.64. The second kappa shape index (κ2) is 6.59. The smallest absolute Gasteiger partial charge is 0.0718 e. The van der Waals surface area contributed by atoms with Crippen LogP contribution in [0.3, 0.4) is 0 Å². The van der Waals surface area contributed by atoms with E-state index in [1.165, 1.54) is 36.9 Å². The zero-order valence-corrected chi connectivity index (χ0v) is 12.2. The average molecular weight is 274 g/mol. The highest BCUT2D eigenvalue weighted by atomic mass is 16.3. The minimum atomic E-state index is -0.203. The number of hydrogen-bond donors (Lipinski definition) is 2. The monoisotopic (exact) mass is 274 g/mol. The lowest BCUT2D eigenvalue weighted by Gasteiger charge is -2.34. The minimum Gasteiger partial charge on any atom is -0.391 e. The Balaban J connectivity index is 1.57. The number of aliphatic hydroxyl groups is 1. The van der Waals surface area contributed by atoms with Gasteiger partial charge in [0.25, 0.3) is 0 Å². The number of rotatable bonds is 4. The Hall–Kier alpha value is -1.06. The Morgan fingerprint density at radius 1 is 1.30 bits per heavy atom. The molecule has 3 nitrogen and oxygen atoms in total. The summed E-state index contributed by atoms with van der Waals surface area (Å²) in [6, 6.07) is 8.64. The topological polar surface area (TPSA) is 35.5 Å². The Bertz CT molecular complexity index is 429. The predicted molar refractivity (Wildman–Crippen MR) is 83.2 cm³/mol. The molecule has 3 heteroatoms. The summed E-state index contributed by atoms with van der Waals surface area (Å²) >= 11 is 0. The first-order valence-electron chi connectivity index (χ1n) is 8.04. The van der Waals surface area contributed by atoms with Crippen LogP contribution in [0, 0.1) is 5.92 Å². The van der Waals surface area contributed by atoms with Crippen LogP contribution < -0.4 is 10.2 Å². The molecule has 1 saturated heterocycles. The summed E-state index contributed by atoms with van der Waals surface area (Å²) in [7, 11) is 0. The number of hydrogen-bond acceptors (Lipinski definition) is 3. The first-order valence-corrected chi connectivity index (χ1v) is 8.04. The van der Waals surface area contributed by atoms with Gasteiger partial charge in [-0.2, -0.15) is 0 Å². The number of anilines is 1. The second-order valence-corrected chi connectivity index (χ2v) is 6.28. The van der Waals surface area contributed by atoms with Crippen LogP contribution in [0.15, 0.2) is 24.3 Å². The van der Waals surface area contributed by atoms with Gasteiger partial charge in [-0.25, -0.2) is 0 Å². The molecule has 2 heterocycles. The van der Waals surface area contributed by atoms with Gasteiger partial charge in [-0.15, -0.1) is 0 Å². The van der Waals surface area contributed by atoms with Crippen molar-refractivity contribution >= 4 is 5.69 Å². The molecule has 2 aliphatic heterocycles. The van der Waals surface area contributed by atoms with Crippen molar-refractivity contribution in [3.8, 4) is 0 Å². The molecular formula is C17H26N2O. The van der Waals surface area contributed by atoms with Crippen LogP contribution in [-0.4, -0.2) is 37.4 Å². The van der Waals surface area contributed by atoms with Crippen LogP contribution in [0.4, 0.5) is 5.69 Å². The summed E-state index contributed by atoms with van der Waals surface area (Å²) < 4.78 is 0. The summed E-state index contributed by atoms with van der Waals surface area (Å²) in [6.45, 7) is 4.09. The minimum absolute atomic E-state index is 0.203. The van der Waals surface area contributed by atoms with Gasteiger partial charge in [-0.05, 0) is 62.7 Å². The number of nitrogens with zero attached hydrogens (tertiary/aromatic N) is 1. The second-order valence-electron chi connectivity index (χ2n) is 6.28. The standard InChI is InChI=1S/C17H26N2O/c20-16(11-14-5-3-9-18-12-14)13-19-10-4-7-15-6-1-2-8-17(15)19/h1-2,6,8,14,16,18,20H,3-5,7,9-13H2/t14-,16+/m0/s1. The molecule has 3 rings (SSSR count). The first kappa shape index (κ1) is 13.9. The number of fused-ring (bicyclic) bond motifs is 1.